The number of nitrogens with one attached hydrogen (secondary N) is 1. The number of carbonyl (C=O) groups excluding carboxylic acids is 1. The molecule has 1 saturated carbocycles. The van der Waals surface area contributed by atoms with Gasteiger partial charge in [0.2, 0.25) is 12.3 Å². The van der Waals surface area contributed by atoms with E-state index in [4.69, 9.17) is 19.0 Å². The third-order valence-electron chi connectivity index (χ3n) is 7.73. The molecular formula is C28H38N6O4. The van der Waals surface area contributed by atoms with Crippen molar-refractivity contribution >= 4 is 5.91 Å². The summed E-state index contributed by atoms with van der Waals surface area (Å²) in [5.74, 6) is 1.68. The van der Waals surface area contributed by atoms with Crippen molar-refractivity contribution in [2.24, 2.45) is 0 Å². The van der Waals surface area contributed by atoms with Crippen LogP contribution in [0.4, 0.5) is 0 Å². The lowest BCUT2D eigenvalue weighted by Crippen LogP contribution is -2.40. The van der Waals surface area contributed by atoms with Crippen LogP contribution in [0, 0.1) is 0 Å². The third kappa shape index (κ3) is 6.01. The number of aromatic nitrogens is 4. The molecule has 0 unspecified atom stereocenters. The standard InChI is InChI=1S/C28H38N6O4/c1-36-24-11-8-12-25(37-2)27(24)23-18-22(32-34(23)21-9-4-5-10-21)28(35)30-20(17-26-31-29-19-38-26)13-16-33-14-6-3-7-15-33/h8,11-12,18-21H,3-7,9-10,13-17H2,1-2H3,(H,30,35)/t20-/m0/s1. The molecule has 1 aliphatic heterocycles. The van der Waals surface area contributed by atoms with E-state index >= 15 is 0 Å². The fraction of sp³-hybridized carbons (Fsp3) is 0.571. The molecule has 1 atom stereocenters. The predicted molar refractivity (Wildman–Crippen MR) is 142 cm³/mol. The van der Waals surface area contributed by atoms with Gasteiger partial charge < -0.3 is 24.1 Å². The molecule has 0 bridgehead atoms. The Balaban J connectivity index is 1.41. The smallest absolute Gasteiger partial charge is 0.272 e. The number of likely N-dealkylation sites (tertiary alicyclic amines) is 1. The van der Waals surface area contributed by atoms with Crippen molar-refractivity contribution in [3.8, 4) is 22.8 Å². The number of benzene rings is 1. The van der Waals surface area contributed by atoms with Gasteiger partial charge in [-0.25, -0.2) is 0 Å². The molecule has 3 heterocycles. The molecule has 38 heavy (non-hydrogen) atoms. The number of methoxy groups -OCH3 is 2. The molecule has 1 N–H and O–H groups in total. The molecule has 1 aromatic carbocycles. The minimum Gasteiger partial charge on any atom is -0.496 e. The highest BCUT2D eigenvalue weighted by atomic mass is 16.5. The van der Waals surface area contributed by atoms with Gasteiger partial charge in [-0.2, -0.15) is 5.10 Å². The van der Waals surface area contributed by atoms with E-state index in [0.717, 1.165) is 63.0 Å². The number of amides is 1. The lowest BCUT2D eigenvalue weighted by molar-refractivity contribution is 0.0922. The fourth-order valence-corrected chi connectivity index (χ4v) is 5.72. The Kier molecular flexibility index (Phi) is 8.58. The van der Waals surface area contributed by atoms with E-state index in [-0.39, 0.29) is 18.0 Å². The predicted octanol–water partition coefficient (Wildman–Crippen LogP) is 4.28. The van der Waals surface area contributed by atoms with Crippen LogP contribution in [0.3, 0.4) is 0 Å². The highest BCUT2D eigenvalue weighted by Crippen LogP contribution is 2.41. The molecule has 1 amide bonds. The van der Waals surface area contributed by atoms with Crippen LogP contribution in [0.1, 0.15) is 73.8 Å². The summed E-state index contributed by atoms with van der Waals surface area (Å²) < 4.78 is 18.8. The summed E-state index contributed by atoms with van der Waals surface area (Å²) >= 11 is 0. The average Bonchev–Trinajstić information content (AvgIpc) is 3.74. The van der Waals surface area contributed by atoms with Crippen LogP contribution in [-0.4, -0.2) is 70.7 Å². The molecular weight excluding hydrogens is 484 g/mol. The monoisotopic (exact) mass is 522 g/mol. The van der Waals surface area contributed by atoms with Crippen molar-refractivity contribution in [1.82, 2.24) is 30.2 Å². The molecule has 0 spiro atoms. The third-order valence-corrected chi connectivity index (χ3v) is 7.73. The highest BCUT2D eigenvalue weighted by molar-refractivity contribution is 5.94. The summed E-state index contributed by atoms with van der Waals surface area (Å²) in [6.45, 7) is 3.13. The second kappa shape index (κ2) is 12.4. The number of rotatable bonds is 11. The van der Waals surface area contributed by atoms with Crippen LogP contribution in [0.5, 0.6) is 11.5 Å². The van der Waals surface area contributed by atoms with E-state index in [1.54, 1.807) is 14.2 Å². The minimum atomic E-state index is -0.208. The van der Waals surface area contributed by atoms with Gasteiger partial charge in [-0.1, -0.05) is 25.3 Å². The first kappa shape index (κ1) is 26.2. The molecule has 204 valence electrons. The Morgan fingerprint density at radius 1 is 1.11 bits per heavy atom. The minimum absolute atomic E-state index is 0.147. The van der Waals surface area contributed by atoms with Crippen molar-refractivity contribution in [1.29, 1.82) is 0 Å². The largest absolute Gasteiger partial charge is 0.496 e. The maximum Gasteiger partial charge on any atom is 0.272 e. The van der Waals surface area contributed by atoms with Crippen molar-refractivity contribution in [2.75, 3.05) is 33.9 Å². The molecule has 5 rings (SSSR count). The van der Waals surface area contributed by atoms with Crippen LogP contribution < -0.4 is 14.8 Å². The zero-order valence-electron chi connectivity index (χ0n) is 22.4. The van der Waals surface area contributed by atoms with Gasteiger partial charge >= 0.3 is 0 Å². The number of ether oxygens (including phenoxy) is 2. The van der Waals surface area contributed by atoms with Crippen LogP contribution in [-0.2, 0) is 6.42 Å². The van der Waals surface area contributed by atoms with Gasteiger partial charge in [0.25, 0.3) is 5.91 Å². The molecule has 10 nitrogen and oxygen atoms in total. The van der Waals surface area contributed by atoms with Gasteiger partial charge in [-0.15, -0.1) is 10.2 Å². The molecule has 0 radical (unpaired) electrons. The second-order valence-corrected chi connectivity index (χ2v) is 10.2. The van der Waals surface area contributed by atoms with E-state index in [0.29, 0.717) is 29.5 Å². The van der Waals surface area contributed by atoms with Crippen molar-refractivity contribution in [3.05, 3.63) is 42.2 Å². The zero-order chi connectivity index (χ0) is 26.3. The van der Waals surface area contributed by atoms with Gasteiger partial charge in [0.05, 0.1) is 31.5 Å². The summed E-state index contributed by atoms with van der Waals surface area (Å²) in [5.41, 5.74) is 2.02. The summed E-state index contributed by atoms with van der Waals surface area (Å²) in [5, 5.41) is 15.9. The Bertz CT molecular complexity index is 1160. The van der Waals surface area contributed by atoms with Gasteiger partial charge in [-0.3, -0.25) is 9.48 Å². The number of hydrogen-bond acceptors (Lipinski definition) is 8. The molecule has 2 fully saturated rings. The maximum atomic E-state index is 13.6. The van der Waals surface area contributed by atoms with Gasteiger partial charge in [0, 0.05) is 19.0 Å². The summed E-state index contributed by atoms with van der Waals surface area (Å²) in [6.07, 6.45) is 10.7. The topological polar surface area (TPSA) is 108 Å². The zero-order valence-corrected chi connectivity index (χ0v) is 22.4. The Morgan fingerprint density at radius 3 is 2.50 bits per heavy atom. The number of piperidine rings is 1. The molecule has 1 saturated heterocycles. The molecule has 2 aromatic heterocycles. The lowest BCUT2D eigenvalue weighted by atomic mass is 10.1. The molecule has 3 aromatic rings. The van der Waals surface area contributed by atoms with Crippen LogP contribution in [0.15, 0.2) is 35.1 Å². The molecule has 10 heteroatoms. The van der Waals surface area contributed by atoms with E-state index in [1.807, 2.05) is 28.9 Å². The first-order valence-corrected chi connectivity index (χ1v) is 13.8. The Hall–Kier alpha value is -3.40. The number of carbonyl (C=O) groups is 1. The summed E-state index contributed by atoms with van der Waals surface area (Å²) in [7, 11) is 3.29. The highest BCUT2D eigenvalue weighted by Gasteiger charge is 2.28. The van der Waals surface area contributed by atoms with E-state index in [1.165, 1.54) is 25.7 Å². The van der Waals surface area contributed by atoms with E-state index in [2.05, 4.69) is 20.4 Å². The van der Waals surface area contributed by atoms with Crippen molar-refractivity contribution < 1.29 is 18.7 Å². The summed E-state index contributed by atoms with van der Waals surface area (Å²) in [4.78, 5) is 16.1. The average molecular weight is 523 g/mol. The van der Waals surface area contributed by atoms with E-state index < -0.39 is 0 Å². The quantitative estimate of drug-likeness (QED) is 0.398. The SMILES string of the molecule is COc1cccc(OC)c1-c1cc(C(=O)N[C@@H](CCN2CCCCC2)Cc2nnco2)nn1C1CCCC1. The first-order chi connectivity index (χ1) is 18.7. The Morgan fingerprint density at radius 2 is 1.84 bits per heavy atom. The van der Waals surface area contributed by atoms with Crippen LogP contribution >= 0.6 is 0 Å². The van der Waals surface area contributed by atoms with Crippen molar-refractivity contribution in [3.63, 3.8) is 0 Å². The first-order valence-electron chi connectivity index (χ1n) is 13.8. The van der Waals surface area contributed by atoms with Gasteiger partial charge in [-0.05, 0) is 63.4 Å². The molecule has 2 aliphatic rings. The fourth-order valence-electron chi connectivity index (χ4n) is 5.72. The van der Waals surface area contributed by atoms with Crippen LogP contribution in [0.25, 0.3) is 11.3 Å². The van der Waals surface area contributed by atoms with Gasteiger partial charge in [0.15, 0.2) is 5.69 Å². The summed E-state index contributed by atoms with van der Waals surface area (Å²) in [6, 6.07) is 7.66. The van der Waals surface area contributed by atoms with Crippen molar-refractivity contribution in [2.45, 2.75) is 69.9 Å². The number of hydrogen-bond donors (Lipinski definition) is 1. The Labute approximate surface area is 223 Å². The van der Waals surface area contributed by atoms with Gasteiger partial charge in [0.1, 0.15) is 11.5 Å². The lowest BCUT2D eigenvalue weighted by Gasteiger charge is -2.28. The van der Waals surface area contributed by atoms with Crippen LogP contribution in [0.2, 0.25) is 0 Å². The molecule has 1 aliphatic carbocycles. The maximum absolute atomic E-state index is 13.6. The number of nitrogens with zero attached hydrogens (tertiary/aromatic N) is 5. The van der Waals surface area contributed by atoms with E-state index in [9.17, 15) is 4.79 Å². The second-order valence-electron chi connectivity index (χ2n) is 10.2. The normalized spacial score (nSPS) is 17.4.